The Labute approximate surface area is 192 Å². The minimum atomic E-state index is -3.48. The predicted octanol–water partition coefficient (Wildman–Crippen LogP) is 4.98. The van der Waals surface area contributed by atoms with E-state index in [1.807, 2.05) is 24.3 Å². The molecular weight excluding hydrogens is 416 g/mol. The van der Waals surface area contributed by atoms with Gasteiger partial charge in [0, 0.05) is 26.2 Å². The van der Waals surface area contributed by atoms with Gasteiger partial charge < -0.3 is 0 Å². The van der Waals surface area contributed by atoms with E-state index in [4.69, 9.17) is 0 Å². The van der Waals surface area contributed by atoms with E-state index in [0.29, 0.717) is 37.0 Å². The summed E-state index contributed by atoms with van der Waals surface area (Å²) in [5.74, 6) is 0.549. The van der Waals surface area contributed by atoms with Gasteiger partial charge in [0.15, 0.2) is 0 Å². The van der Waals surface area contributed by atoms with Crippen molar-refractivity contribution >= 4 is 10.0 Å². The van der Waals surface area contributed by atoms with Gasteiger partial charge in [-0.2, -0.15) is 4.31 Å². The highest BCUT2D eigenvalue weighted by Crippen LogP contribution is 2.30. The van der Waals surface area contributed by atoms with E-state index in [1.54, 1.807) is 16.4 Å². The molecule has 0 radical (unpaired) electrons. The van der Waals surface area contributed by atoms with Crippen molar-refractivity contribution in [3.63, 3.8) is 0 Å². The Morgan fingerprint density at radius 1 is 0.719 bits per heavy atom. The molecule has 0 bridgehead atoms. The zero-order valence-electron chi connectivity index (χ0n) is 18.9. The lowest BCUT2D eigenvalue weighted by Crippen LogP contribution is -2.49. The Balaban J connectivity index is 1.50. The van der Waals surface area contributed by atoms with E-state index >= 15 is 0 Å². The van der Waals surface area contributed by atoms with Crippen LogP contribution in [0.1, 0.15) is 36.6 Å². The number of hydrogen-bond donors (Lipinski definition) is 0. The van der Waals surface area contributed by atoms with E-state index in [9.17, 15) is 8.42 Å². The van der Waals surface area contributed by atoms with E-state index in [-0.39, 0.29) is 6.04 Å². The van der Waals surface area contributed by atoms with Crippen LogP contribution in [0.25, 0.3) is 0 Å². The minimum absolute atomic E-state index is 0.123. The Bertz CT molecular complexity index is 1050. The smallest absolute Gasteiger partial charge is 0.243 e. The second-order valence-corrected chi connectivity index (χ2v) is 10.8. The van der Waals surface area contributed by atoms with Crippen LogP contribution >= 0.6 is 0 Å². The van der Waals surface area contributed by atoms with Crippen LogP contribution < -0.4 is 0 Å². The minimum Gasteiger partial charge on any atom is -0.290 e. The van der Waals surface area contributed by atoms with Crippen molar-refractivity contribution in [2.75, 3.05) is 26.2 Å². The highest BCUT2D eigenvalue weighted by Gasteiger charge is 2.32. The molecule has 0 unspecified atom stereocenters. The van der Waals surface area contributed by atoms with Crippen LogP contribution in [0.4, 0.5) is 0 Å². The van der Waals surface area contributed by atoms with Crippen molar-refractivity contribution in [3.05, 3.63) is 102 Å². The molecule has 5 heteroatoms. The first-order chi connectivity index (χ1) is 15.4. The fourth-order valence-corrected chi connectivity index (χ4v) is 5.93. The summed E-state index contributed by atoms with van der Waals surface area (Å²) >= 11 is 0. The first kappa shape index (κ1) is 22.7. The zero-order valence-corrected chi connectivity index (χ0v) is 19.7. The monoisotopic (exact) mass is 448 g/mol. The maximum atomic E-state index is 13.2. The maximum absolute atomic E-state index is 13.2. The topological polar surface area (TPSA) is 40.6 Å². The summed E-state index contributed by atoms with van der Waals surface area (Å²) in [6.45, 7) is 6.71. The van der Waals surface area contributed by atoms with Crippen molar-refractivity contribution in [2.24, 2.45) is 5.92 Å². The highest BCUT2D eigenvalue weighted by atomic mass is 32.2. The fraction of sp³-hybridized carbons (Fsp3) is 0.333. The van der Waals surface area contributed by atoms with E-state index in [1.165, 1.54) is 16.7 Å². The van der Waals surface area contributed by atoms with Gasteiger partial charge in [0.1, 0.15) is 0 Å². The molecule has 168 valence electrons. The summed E-state index contributed by atoms with van der Waals surface area (Å²) in [7, 11) is -3.48. The van der Waals surface area contributed by atoms with Crippen molar-refractivity contribution in [1.29, 1.82) is 0 Å². The number of nitrogens with zero attached hydrogens (tertiary/aromatic N) is 2. The molecule has 1 heterocycles. The van der Waals surface area contributed by atoms with Crippen LogP contribution in [-0.2, 0) is 16.4 Å². The number of sulfonamides is 1. The standard InChI is InChI=1S/C27H32N2O2S/c1-22(2)21-23-13-15-26(16-14-23)32(30,31)29-19-17-28(18-20-29)27(24-9-5-3-6-10-24)25-11-7-4-8-12-25/h3-16,22,27H,17-21H2,1-2H3. The van der Waals surface area contributed by atoms with Gasteiger partial charge in [0.2, 0.25) is 10.0 Å². The van der Waals surface area contributed by atoms with Crippen molar-refractivity contribution in [1.82, 2.24) is 9.21 Å². The third-order valence-corrected chi connectivity index (χ3v) is 7.99. The molecule has 0 aromatic heterocycles. The fourth-order valence-electron chi connectivity index (χ4n) is 4.50. The Morgan fingerprint density at radius 3 is 1.69 bits per heavy atom. The third-order valence-electron chi connectivity index (χ3n) is 6.07. The molecule has 0 amide bonds. The second kappa shape index (κ2) is 9.99. The Morgan fingerprint density at radius 2 is 1.22 bits per heavy atom. The Kier molecular flexibility index (Phi) is 7.09. The molecule has 32 heavy (non-hydrogen) atoms. The summed E-state index contributed by atoms with van der Waals surface area (Å²) in [6.07, 6.45) is 0.958. The second-order valence-electron chi connectivity index (χ2n) is 8.91. The number of benzene rings is 3. The number of piperazine rings is 1. The summed E-state index contributed by atoms with van der Waals surface area (Å²) in [6, 6.07) is 28.5. The van der Waals surface area contributed by atoms with E-state index in [0.717, 1.165) is 6.42 Å². The van der Waals surface area contributed by atoms with Gasteiger partial charge in [-0.15, -0.1) is 0 Å². The molecule has 3 aromatic carbocycles. The molecule has 0 aliphatic carbocycles. The molecule has 4 rings (SSSR count). The number of rotatable bonds is 7. The van der Waals surface area contributed by atoms with Crippen LogP contribution in [0.2, 0.25) is 0 Å². The summed E-state index contributed by atoms with van der Waals surface area (Å²) in [4.78, 5) is 2.78. The van der Waals surface area contributed by atoms with E-state index < -0.39 is 10.0 Å². The predicted molar refractivity (Wildman–Crippen MR) is 130 cm³/mol. The lowest BCUT2D eigenvalue weighted by Gasteiger charge is -2.39. The first-order valence-electron chi connectivity index (χ1n) is 11.4. The average molecular weight is 449 g/mol. The molecule has 4 nitrogen and oxygen atoms in total. The van der Waals surface area contributed by atoms with Crippen molar-refractivity contribution in [2.45, 2.75) is 31.2 Å². The molecule has 1 fully saturated rings. The molecule has 1 aliphatic rings. The largest absolute Gasteiger partial charge is 0.290 e. The Hall–Kier alpha value is -2.47. The van der Waals surface area contributed by atoms with Crippen LogP contribution in [-0.4, -0.2) is 43.8 Å². The maximum Gasteiger partial charge on any atom is 0.243 e. The van der Waals surface area contributed by atoms with Crippen LogP contribution in [0, 0.1) is 5.92 Å². The van der Waals surface area contributed by atoms with Crippen molar-refractivity contribution < 1.29 is 8.42 Å². The molecule has 1 aliphatic heterocycles. The van der Waals surface area contributed by atoms with Crippen LogP contribution in [0.3, 0.4) is 0 Å². The number of hydrogen-bond acceptors (Lipinski definition) is 3. The molecule has 0 atom stereocenters. The van der Waals surface area contributed by atoms with Crippen LogP contribution in [0.15, 0.2) is 89.8 Å². The van der Waals surface area contributed by atoms with Gasteiger partial charge in [-0.1, -0.05) is 86.6 Å². The third kappa shape index (κ3) is 5.12. The lowest BCUT2D eigenvalue weighted by atomic mass is 9.96. The average Bonchev–Trinajstić information content (AvgIpc) is 2.81. The van der Waals surface area contributed by atoms with Gasteiger partial charge in [-0.05, 0) is 41.2 Å². The van der Waals surface area contributed by atoms with E-state index in [2.05, 4.69) is 67.3 Å². The summed E-state index contributed by atoms with van der Waals surface area (Å²) < 4.78 is 28.1. The SMILES string of the molecule is CC(C)Cc1ccc(S(=O)(=O)N2CCN(C(c3ccccc3)c3ccccc3)CC2)cc1. The normalized spacial score (nSPS) is 16.0. The first-order valence-corrected chi connectivity index (χ1v) is 12.8. The lowest BCUT2D eigenvalue weighted by molar-refractivity contribution is 0.156. The summed E-state index contributed by atoms with van der Waals surface area (Å²) in [5, 5.41) is 0. The van der Waals surface area contributed by atoms with Gasteiger partial charge in [-0.25, -0.2) is 8.42 Å². The van der Waals surface area contributed by atoms with Gasteiger partial charge in [0.25, 0.3) is 0 Å². The summed E-state index contributed by atoms with van der Waals surface area (Å²) in [5.41, 5.74) is 3.64. The van der Waals surface area contributed by atoms with Gasteiger partial charge >= 0.3 is 0 Å². The van der Waals surface area contributed by atoms with Crippen LogP contribution in [0.5, 0.6) is 0 Å². The van der Waals surface area contributed by atoms with Gasteiger partial charge in [0.05, 0.1) is 10.9 Å². The van der Waals surface area contributed by atoms with Crippen molar-refractivity contribution in [3.8, 4) is 0 Å². The molecular formula is C27H32N2O2S. The molecule has 3 aromatic rings. The molecule has 0 saturated carbocycles. The molecule has 0 spiro atoms. The zero-order chi connectivity index (χ0) is 22.6. The molecule has 1 saturated heterocycles. The molecule has 0 N–H and O–H groups in total. The highest BCUT2D eigenvalue weighted by molar-refractivity contribution is 7.89. The quantitative estimate of drug-likeness (QED) is 0.512. The van der Waals surface area contributed by atoms with Gasteiger partial charge in [-0.3, -0.25) is 4.90 Å².